The molecule has 0 amide bonds. The molecular weight excluding hydrogens is 226 g/mol. The van der Waals surface area contributed by atoms with E-state index in [4.69, 9.17) is 4.74 Å². The molecule has 1 atom stereocenters. The molecule has 0 fully saturated rings. The molecule has 4 nitrogen and oxygen atoms in total. The van der Waals surface area contributed by atoms with Crippen LogP contribution < -0.4 is 5.32 Å². The first kappa shape index (κ1) is 15.2. The minimum Gasteiger partial charge on any atom is -0.379 e. The standard InChI is InChI=1S/C14H27N3O/c1-7-11-8-13(17(5)16-11)9-12(15-4)10-14(2,3)18-6/h8,12,15H,7,9-10H2,1-6H3. The molecule has 0 spiro atoms. The first-order valence-corrected chi connectivity index (χ1v) is 6.66. The number of nitrogens with zero attached hydrogens (tertiary/aromatic N) is 2. The Hall–Kier alpha value is -0.870. The summed E-state index contributed by atoms with van der Waals surface area (Å²) in [6.45, 7) is 6.38. The summed E-state index contributed by atoms with van der Waals surface area (Å²) in [6, 6.07) is 2.60. The van der Waals surface area contributed by atoms with E-state index in [1.54, 1.807) is 7.11 Å². The van der Waals surface area contributed by atoms with Crippen LogP contribution in [-0.2, 0) is 24.6 Å². The molecule has 1 N–H and O–H groups in total. The van der Waals surface area contributed by atoms with Gasteiger partial charge in [-0.2, -0.15) is 5.10 Å². The molecule has 18 heavy (non-hydrogen) atoms. The molecule has 1 unspecified atom stereocenters. The summed E-state index contributed by atoms with van der Waals surface area (Å²) in [6.07, 6.45) is 2.95. The van der Waals surface area contributed by atoms with Gasteiger partial charge in [0.05, 0.1) is 11.3 Å². The number of methoxy groups -OCH3 is 1. The Morgan fingerprint density at radius 3 is 2.61 bits per heavy atom. The summed E-state index contributed by atoms with van der Waals surface area (Å²) >= 11 is 0. The van der Waals surface area contributed by atoms with Gasteiger partial charge in [-0.3, -0.25) is 4.68 Å². The molecule has 1 rings (SSSR count). The van der Waals surface area contributed by atoms with Crippen LogP contribution in [0.1, 0.15) is 38.6 Å². The van der Waals surface area contributed by atoms with Crippen molar-refractivity contribution in [1.29, 1.82) is 0 Å². The van der Waals surface area contributed by atoms with Crippen LogP contribution in [-0.4, -0.2) is 35.6 Å². The van der Waals surface area contributed by atoms with Gasteiger partial charge in [-0.05, 0) is 39.8 Å². The molecule has 0 radical (unpaired) electrons. The molecule has 0 aromatic carbocycles. The first-order valence-electron chi connectivity index (χ1n) is 6.66. The fourth-order valence-corrected chi connectivity index (χ4v) is 2.14. The van der Waals surface area contributed by atoms with Crippen LogP contribution in [0.2, 0.25) is 0 Å². The Morgan fingerprint density at radius 1 is 1.50 bits per heavy atom. The van der Waals surface area contributed by atoms with E-state index in [1.165, 1.54) is 5.69 Å². The van der Waals surface area contributed by atoms with Crippen molar-refractivity contribution in [2.45, 2.75) is 51.7 Å². The molecule has 0 saturated carbocycles. The topological polar surface area (TPSA) is 39.1 Å². The molecule has 4 heteroatoms. The van der Waals surface area contributed by atoms with Gasteiger partial charge in [0.2, 0.25) is 0 Å². The van der Waals surface area contributed by atoms with Crippen molar-refractivity contribution in [2.75, 3.05) is 14.2 Å². The number of aryl methyl sites for hydroxylation is 2. The number of hydrogen-bond acceptors (Lipinski definition) is 3. The second-order valence-electron chi connectivity index (χ2n) is 5.46. The van der Waals surface area contributed by atoms with E-state index < -0.39 is 0 Å². The Morgan fingerprint density at radius 2 is 2.17 bits per heavy atom. The summed E-state index contributed by atoms with van der Waals surface area (Å²) in [5.74, 6) is 0. The van der Waals surface area contributed by atoms with Gasteiger partial charge >= 0.3 is 0 Å². The fraction of sp³-hybridized carbons (Fsp3) is 0.786. The predicted octanol–water partition coefficient (Wildman–Crippen LogP) is 1.93. The molecular formula is C14H27N3O. The Balaban J connectivity index is 2.70. The molecule has 0 saturated heterocycles. The number of likely N-dealkylation sites (N-methyl/N-ethyl adjacent to an activating group) is 1. The summed E-state index contributed by atoms with van der Waals surface area (Å²) in [5, 5.41) is 7.87. The van der Waals surface area contributed by atoms with Gasteiger partial charge < -0.3 is 10.1 Å². The van der Waals surface area contributed by atoms with Gasteiger partial charge in [0.25, 0.3) is 0 Å². The van der Waals surface area contributed by atoms with Gasteiger partial charge in [-0.15, -0.1) is 0 Å². The second kappa shape index (κ2) is 6.34. The van der Waals surface area contributed by atoms with Crippen molar-refractivity contribution in [1.82, 2.24) is 15.1 Å². The van der Waals surface area contributed by atoms with Crippen molar-refractivity contribution in [3.63, 3.8) is 0 Å². The average Bonchev–Trinajstić information content (AvgIpc) is 2.69. The number of hydrogen-bond donors (Lipinski definition) is 1. The van der Waals surface area contributed by atoms with Crippen LogP contribution in [0.15, 0.2) is 6.07 Å². The van der Waals surface area contributed by atoms with E-state index in [9.17, 15) is 0 Å². The average molecular weight is 253 g/mol. The van der Waals surface area contributed by atoms with Gasteiger partial charge in [0.1, 0.15) is 0 Å². The first-order chi connectivity index (χ1) is 8.41. The van der Waals surface area contributed by atoms with Crippen molar-refractivity contribution in [3.8, 4) is 0 Å². The third-order valence-electron chi connectivity index (χ3n) is 3.54. The number of rotatable bonds is 7. The van der Waals surface area contributed by atoms with Gasteiger partial charge in [0.15, 0.2) is 0 Å². The summed E-state index contributed by atoms with van der Waals surface area (Å²) in [5.41, 5.74) is 2.34. The van der Waals surface area contributed by atoms with E-state index in [2.05, 4.69) is 37.3 Å². The van der Waals surface area contributed by atoms with Gasteiger partial charge in [0, 0.05) is 32.3 Å². The Labute approximate surface area is 111 Å². The van der Waals surface area contributed by atoms with E-state index in [1.807, 2.05) is 18.8 Å². The highest BCUT2D eigenvalue weighted by atomic mass is 16.5. The van der Waals surface area contributed by atoms with E-state index >= 15 is 0 Å². The van der Waals surface area contributed by atoms with Crippen LogP contribution in [0.25, 0.3) is 0 Å². The lowest BCUT2D eigenvalue weighted by atomic mass is 9.95. The zero-order chi connectivity index (χ0) is 13.8. The molecule has 0 aliphatic carbocycles. The molecule has 0 aliphatic rings. The smallest absolute Gasteiger partial charge is 0.0637 e. The maximum Gasteiger partial charge on any atom is 0.0637 e. The lowest BCUT2D eigenvalue weighted by molar-refractivity contribution is 0.00759. The van der Waals surface area contributed by atoms with E-state index in [-0.39, 0.29) is 5.60 Å². The Kier molecular flexibility index (Phi) is 5.35. The maximum absolute atomic E-state index is 5.50. The van der Waals surface area contributed by atoms with Crippen molar-refractivity contribution >= 4 is 0 Å². The van der Waals surface area contributed by atoms with Crippen LogP contribution in [0.4, 0.5) is 0 Å². The highest BCUT2D eigenvalue weighted by molar-refractivity contribution is 5.11. The maximum atomic E-state index is 5.50. The van der Waals surface area contributed by atoms with Gasteiger partial charge in [-0.25, -0.2) is 0 Å². The number of nitrogens with one attached hydrogen (secondary N) is 1. The predicted molar refractivity (Wildman–Crippen MR) is 74.8 cm³/mol. The van der Waals surface area contributed by atoms with Crippen LogP contribution in [0, 0.1) is 0 Å². The van der Waals surface area contributed by atoms with Gasteiger partial charge in [-0.1, -0.05) is 6.92 Å². The summed E-state index contributed by atoms with van der Waals surface area (Å²) < 4.78 is 7.49. The summed E-state index contributed by atoms with van der Waals surface area (Å²) in [4.78, 5) is 0. The lowest BCUT2D eigenvalue weighted by Gasteiger charge is -2.28. The molecule has 1 aromatic rings. The third kappa shape index (κ3) is 4.10. The van der Waals surface area contributed by atoms with Crippen LogP contribution in [0.5, 0.6) is 0 Å². The highest BCUT2D eigenvalue weighted by Crippen LogP contribution is 2.18. The second-order valence-corrected chi connectivity index (χ2v) is 5.46. The third-order valence-corrected chi connectivity index (χ3v) is 3.54. The zero-order valence-corrected chi connectivity index (χ0v) is 12.6. The monoisotopic (exact) mass is 253 g/mol. The largest absolute Gasteiger partial charge is 0.379 e. The Bertz CT molecular complexity index is 371. The molecule has 0 bridgehead atoms. The van der Waals surface area contributed by atoms with Crippen LogP contribution in [0.3, 0.4) is 0 Å². The quantitative estimate of drug-likeness (QED) is 0.807. The molecule has 1 heterocycles. The number of ether oxygens (including phenoxy) is 1. The van der Waals surface area contributed by atoms with Crippen molar-refractivity contribution < 1.29 is 4.74 Å². The molecule has 104 valence electrons. The lowest BCUT2D eigenvalue weighted by Crippen LogP contribution is -2.37. The van der Waals surface area contributed by atoms with E-state index in [0.717, 1.165) is 25.0 Å². The SMILES string of the molecule is CCc1cc(CC(CC(C)(C)OC)NC)n(C)n1. The van der Waals surface area contributed by atoms with E-state index in [0.29, 0.717) is 6.04 Å². The summed E-state index contributed by atoms with van der Waals surface area (Å²) in [7, 11) is 5.79. The minimum atomic E-state index is -0.0974. The molecule has 0 aliphatic heterocycles. The van der Waals surface area contributed by atoms with Crippen LogP contribution >= 0.6 is 0 Å². The van der Waals surface area contributed by atoms with Crippen molar-refractivity contribution in [3.05, 3.63) is 17.5 Å². The minimum absolute atomic E-state index is 0.0974. The normalized spacial score (nSPS) is 13.9. The highest BCUT2D eigenvalue weighted by Gasteiger charge is 2.23. The van der Waals surface area contributed by atoms with Crippen molar-refractivity contribution in [2.24, 2.45) is 7.05 Å². The molecule has 1 aromatic heterocycles. The fourth-order valence-electron chi connectivity index (χ4n) is 2.14. The zero-order valence-electron chi connectivity index (χ0n) is 12.6. The number of aromatic nitrogens is 2.